The summed E-state index contributed by atoms with van der Waals surface area (Å²) in [6.07, 6.45) is 1.68. The Bertz CT molecular complexity index is 496. The van der Waals surface area contributed by atoms with Gasteiger partial charge in [-0.25, -0.2) is 4.98 Å². The zero-order chi connectivity index (χ0) is 11.5. The Hall–Kier alpha value is -1.68. The smallest absolute Gasteiger partial charge is 0.213 e. The van der Waals surface area contributed by atoms with Crippen LogP contribution in [0.4, 0.5) is 11.4 Å². The van der Waals surface area contributed by atoms with Gasteiger partial charge in [-0.05, 0) is 25.1 Å². The van der Waals surface area contributed by atoms with Gasteiger partial charge in [0.25, 0.3) is 0 Å². The predicted molar refractivity (Wildman–Crippen MR) is 64.4 cm³/mol. The van der Waals surface area contributed by atoms with E-state index in [-0.39, 0.29) is 0 Å². The van der Waals surface area contributed by atoms with Gasteiger partial charge in [0.2, 0.25) is 5.89 Å². The third kappa shape index (κ3) is 2.46. The average molecular weight is 238 g/mol. The fourth-order valence-corrected chi connectivity index (χ4v) is 1.53. The summed E-state index contributed by atoms with van der Waals surface area (Å²) in [4.78, 5) is 4.08. The number of hydrogen-bond donors (Lipinski definition) is 2. The zero-order valence-corrected chi connectivity index (χ0v) is 9.58. The molecule has 2 rings (SSSR count). The van der Waals surface area contributed by atoms with E-state index in [0.29, 0.717) is 23.1 Å². The first-order chi connectivity index (χ1) is 7.65. The molecule has 1 aromatic heterocycles. The van der Waals surface area contributed by atoms with Gasteiger partial charge in [0, 0.05) is 5.02 Å². The first kappa shape index (κ1) is 10.8. The molecule has 3 N–H and O–H groups in total. The van der Waals surface area contributed by atoms with E-state index in [1.54, 1.807) is 18.3 Å². The molecular weight excluding hydrogens is 226 g/mol. The second kappa shape index (κ2) is 4.45. The zero-order valence-electron chi connectivity index (χ0n) is 8.83. The van der Waals surface area contributed by atoms with Gasteiger partial charge in [-0.3, -0.25) is 0 Å². The van der Waals surface area contributed by atoms with E-state index in [2.05, 4.69) is 10.3 Å². The Morgan fingerprint density at radius 3 is 2.94 bits per heavy atom. The maximum atomic E-state index is 5.80. The topological polar surface area (TPSA) is 64.1 Å². The van der Waals surface area contributed by atoms with Crippen molar-refractivity contribution < 1.29 is 4.42 Å². The Morgan fingerprint density at radius 2 is 2.31 bits per heavy atom. The van der Waals surface area contributed by atoms with E-state index < -0.39 is 0 Å². The summed E-state index contributed by atoms with van der Waals surface area (Å²) in [6.45, 7) is 2.35. The van der Waals surface area contributed by atoms with Crippen LogP contribution >= 0.6 is 11.6 Å². The highest BCUT2D eigenvalue weighted by Crippen LogP contribution is 2.23. The molecule has 0 saturated carbocycles. The number of hydrogen-bond acceptors (Lipinski definition) is 4. The number of nitrogen functional groups attached to an aromatic ring is 1. The summed E-state index contributed by atoms with van der Waals surface area (Å²) < 4.78 is 5.33. The number of oxazole rings is 1. The lowest BCUT2D eigenvalue weighted by atomic mass is 10.2. The Morgan fingerprint density at radius 1 is 1.50 bits per heavy atom. The number of nitrogens with one attached hydrogen (secondary N) is 1. The van der Waals surface area contributed by atoms with Crippen LogP contribution in [0.2, 0.25) is 5.02 Å². The molecule has 0 radical (unpaired) electrons. The van der Waals surface area contributed by atoms with Crippen molar-refractivity contribution in [1.29, 1.82) is 0 Å². The standard InChI is InChI=1S/C11H12ClN3O/c1-7-5-15-11(16-7)6-14-10-3-2-8(12)4-9(10)13/h2-5,14H,6,13H2,1H3. The number of nitrogens with zero attached hydrogens (tertiary/aromatic N) is 1. The summed E-state index contributed by atoms with van der Waals surface area (Å²) >= 11 is 5.80. The molecule has 0 aliphatic heterocycles. The van der Waals surface area contributed by atoms with Crippen LogP contribution in [-0.4, -0.2) is 4.98 Å². The molecule has 0 spiro atoms. The number of rotatable bonds is 3. The quantitative estimate of drug-likeness (QED) is 0.806. The van der Waals surface area contributed by atoms with Gasteiger partial charge in [-0.2, -0.15) is 0 Å². The maximum Gasteiger partial charge on any atom is 0.213 e. The van der Waals surface area contributed by atoms with Gasteiger partial charge in [0.15, 0.2) is 0 Å². The lowest BCUT2D eigenvalue weighted by molar-refractivity contribution is 0.479. The predicted octanol–water partition coefficient (Wildman–Crippen LogP) is 2.83. The average Bonchev–Trinajstić information content (AvgIpc) is 2.63. The molecule has 1 heterocycles. The van der Waals surface area contributed by atoms with Crippen molar-refractivity contribution in [3.8, 4) is 0 Å². The van der Waals surface area contributed by atoms with Crippen LogP contribution in [0, 0.1) is 6.92 Å². The highest BCUT2D eigenvalue weighted by atomic mass is 35.5. The van der Waals surface area contributed by atoms with Crippen molar-refractivity contribution >= 4 is 23.0 Å². The molecule has 0 saturated heterocycles. The number of benzene rings is 1. The van der Waals surface area contributed by atoms with Crippen molar-refractivity contribution in [3.63, 3.8) is 0 Å². The van der Waals surface area contributed by atoms with E-state index in [0.717, 1.165) is 11.4 Å². The molecule has 4 nitrogen and oxygen atoms in total. The van der Waals surface area contributed by atoms with Crippen LogP contribution < -0.4 is 11.1 Å². The third-order valence-electron chi connectivity index (χ3n) is 2.11. The minimum absolute atomic E-state index is 0.500. The fourth-order valence-electron chi connectivity index (χ4n) is 1.35. The van der Waals surface area contributed by atoms with Crippen molar-refractivity contribution in [2.24, 2.45) is 0 Å². The van der Waals surface area contributed by atoms with Crippen molar-refractivity contribution in [1.82, 2.24) is 4.98 Å². The Balaban J connectivity index is 2.04. The van der Waals surface area contributed by atoms with Crippen molar-refractivity contribution in [2.75, 3.05) is 11.1 Å². The summed E-state index contributed by atoms with van der Waals surface area (Å²) in [5.41, 5.74) is 7.22. The highest BCUT2D eigenvalue weighted by Gasteiger charge is 2.03. The summed E-state index contributed by atoms with van der Waals surface area (Å²) in [6, 6.07) is 5.30. The number of aryl methyl sites for hydroxylation is 1. The normalized spacial score (nSPS) is 10.4. The fraction of sp³-hybridized carbons (Fsp3) is 0.182. The van der Waals surface area contributed by atoms with E-state index in [1.165, 1.54) is 0 Å². The van der Waals surface area contributed by atoms with Gasteiger partial charge in [-0.1, -0.05) is 11.6 Å². The molecule has 16 heavy (non-hydrogen) atoms. The summed E-state index contributed by atoms with van der Waals surface area (Å²) in [5, 5.41) is 3.75. The molecule has 0 bridgehead atoms. The number of nitrogens with two attached hydrogens (primary N) is 1. The van der Waals surface area contributed by atoms with Crippen LogP contribution in [0.15, 0.2) is 28.8 Å². The summed E-state index contributed by atoms with van der Waals surface area (Å²) in [5.74, 6) is 1.42. The van der Waals surface area contributed by atoms with E-state index >= 15 is 0 Å². The van der Waals surface area contributed by atoms with Crippen LogP contribution in [0.25, 0.3) is 0 Å². The second-order valence-corrected chi connectivity index (χ2v) is 3.89. The number of halogens is 1. The van der Waals surface area contributed by atoms with Gasteiger partial charge in [-0.15, -0.1) is 0 Å². The number of anilines is 2. The lowest BCUT2D eigenvalue weighted by Gasteiger charge is -2.07. The molecule has 0 aliphatic rings. The first-order valence-corrected chi connectivity index (χ1v) is 5.23. The molecule has 0 amide bonds. The molecule has 2 aromatic rings. The molecule has 5 heteroatoms. The Labute approximate surface area is 98.4 Å². The SMILES string of the molecule is Cc1cnc(CNc2ccc(Cl)cc2N)o1. The van der Waals surface area contributed by atoms with Gasteiger partial charge in [0.05, 0.1) is 24.1 Å². The number of aromatic nitrogens is 1. The van der Waals surface area contributed by atoms with E-state index in [4.69, 9.17) is 21.8 Å². The molecule has 0 unspecified atom stereocenters. The van der Waals surface area contributed by atoms with Crippen molar-refractivity contribution in [2.45, 2.75) is 13.5 Å². The van der Waals surface area contributed by atoms with Gasteiger partial charge >= 0.3 is 0 Å². The molecule has 84 valence electrons. The largest absolute Gasteiger partial charge is 0.444 e. The van der Waals surface area contributed by atoms with Crippen LogP contribution in [-0.2, 0) is 6.54 Å². The Kier molecular flexibility index (Phi) is 3.01. The van der Waals surface area contributed by atoms with E-state index in [1.807, 2.05) is 13.0 Å². The molecule has 0 atom stereocenters. The first-order valence-electron chi connectivity index (χ1n) is 4.85. The lowest BCUT2D eigenvalue weighted by Crippen LogP contribution is -2.02. The van der Waals surface area contributed by atoms with Crippen molar-refractivity contribution in [3.05, 3.63) is 41.1 Å². The van der Waals surface area contributed by atoms with Crippen LogP contribution in [0.5, 0.6) is 0 Å². The monoisotopic (exact) mass is 237 g/mol. The maximum absolute atomic E-state index is 5.80. The van der Waals surface area contributed by atoms with Crippen LogP contribution in [0.3, 0.4) is 0 Å². The van der Waals surface area contributed by atoms with E-state index in [9.17, 15) is 0 Å². The molecule has 0 fully saturated rings. The molecule has 1 aromatic carbocycles. The minimum Gasteiger partial charge on any atom is -0.444 e. The molecule has 0 aliphatic carbocycles. The second-order valence-electron chi connectivity index (χ2n) is 3.45. The highest BCUT2D eigenvalue weighted by molar-refractivity contribution is 6.31. The van der Waals surface area contributed by atoms with Crippen LogP contribution in [0.1, 0.15) is 11.7 Å². The third-order valence-corrected chi connectivity index (χ3v) is 2.35. The summed E-state index contributed by atoms with van der Waals surface area (Å²) in [7, 11) is 0. The van der Waals surface area contributed by atoms with Gasteiger partial charge < -0.3 is 15.5 Å². The molecular formula is C11H12ClN3O. The van der Waals surface area contributed by atoms with Gasteiger partial charge in [0.1, 0.15) is 5.76 Å². The minimum atomic E-state index is 0.500.